The van der Waals surface area contributed by atoms with Crippen LogP contribution in [-0.2, 0) is 0 Å². The highest BCUT2D eigenvalue weighted by atomic mass is 32.1. The molecule has 0 amide bonds. The highest BCUT2D eigenvalue weighted by Crippen LogP contribution is 2.36. The standard InChI is InChI=1S/C16H24N2S2/c1-5-13(17)16(15-9-8-11(2)20-15)18(4)12(3)14-7-6-10-19-14/h6-10,12-13,16H,5,17H2,1-4H3. The average Bonchev–Trinajstić information content (AvgIpc) is 3.09. The number of hydrogen-bond acceptors (Lipinski definition) is 4. The first-order chi connectivity index (χ1) is 9.54. The first kappa shape index (κ1) is 15.7. The third-order valence-electron chi connectivity index (χ3n) is 3.93. The summed E-state index contributed by atoms with van der Waals surface area (Å²) in [6.07, 6.45) is 0.989. The largest absolute Gasteiger partial charge is 0.326 e. The summed E-state index contributed by atoms with van der Waals surface area (Å²) in [5.41, 5.74) is 6.42. The molecule has 0 aliphatic rings. The summed E-state index contributed by atoms with van der Waals surface area (Å²) >= 11 is 3.68. The molecule has 0 radical (unpaired) electrons. The lowest BCUT2D eigenvalue weighted by atomic mass is 10.0. The smallest absolute Gasteiger partial charge is 0.0596 e. The third kappa shape index (κ3) is 3.31. The van der Waals surface area contributed by atoms with E-state index in [9.17, 15) is 0 Å². The van der Waals surface area contributed by atoms with Gasteiger partial charge in [0.25, 0.3) is 0 Å². The number of rotatable bonds is 6. The molecular formula is C16H24N2S2. The zero-order chi connectivity index (χ0) is 14.7. The molecule has 0 aliphatic carbocycles. The van der Waals surface area contributed by atoms with Crippen LogP contribution in [0.15, 0.2) is 29.6 Å². The number of nitrogens with zero attached hydrogens (tertiary/aromatic N) is 1. The minimum atomic E-state index is 0.167. The molecule has 0 aliphatic heterocycles. The van der Waals surface area contributed by atoms with E-state index in [2.05, 4.69) is 62.4 Å². The zero-order valence-corrected chi connectivity index (χ0v) is 14.3. The van der Waals surface area contributed by atoms with Gasteiger partial charge in [-0.05, 0) is 50.9 Å². The van der Waals surface area contributed by atoms with E-state index in [4.69, 9.17) is 5.73 Å². The van der Waals surface area contributed by atoms with Gasteiger partial charge >= 0.3 is 0 Å². The molecule has 0 fully saturated rings. The van der Waals surface area contributed by atoms with Crippen molar-refractivity contribution in [1.29, 1.82) is 0 Å². The van der Waals surface area contributed by atoms with Gasteiger partial charge in [-0.3, -0.25) is 4.90 Å². The number of nitrogens with two attached hydrogens (primary N) is 1. The fourth-order valence-electron chi connectivity index (χ4n) is 2.52. The van der Waals surface area contributed by atoms with Gasteiger partial charge in [-0.2, -0.15) is 0 Å². The van der Waals surface area contributed by atoms with Crippen LogP contribution in [0.1, 0.15) is 47.0 Å². The average molecular weight is 309 g/mol. The summed E-state index contributed by atoms with van der Waals surface area (Å²) in [7, 11) is 2.19. The van der Waals surface area contributed by atoms with Gasteiger partial charge in [0.15, 0.2) is 0 Å². The van der Waals surface area contributed by atoms with Gasteiger partial charge in [0.05, 0.1) is 6.04 Å². The minimum absolute atomic E-state index is 0.167. The van der Waals surface area contributed by atoms with Gasteiger partial charge in [0.1, 0.15) is 0 Å². The molecule has 2 N–H and O–H groups in total. The van der Waals surface area contributed by atoms with Crippen molar-refractivity contribution in [1.82, 2.24) is 4.90 Å². The summed E-state index contributed by atoms with van der Waals surface area (Å²) in [5, 5.41) is 2.14. The Morgan fingerprint density at radius 1 is 1.25 bits per heavy atom. The normalized spacial score (nSPS) is 16.3. The van der Waals surface area contributed by atoms with Crippen LogP contribution < -0.4 is 5.73 Å². The second-order valence-electron chi connectivity index (χ2n) is 5.32. The molecule has 0 spiro atoms. The highest BCUT2D eigenvalue weighted by Gasteiger charge is 2.28. The van der Waals surface area contributed by atoms with Crippen molar-refractivity contribution in [3.63, 3.8) is 0 Å². The van der Waals surface area contributed by atoms with Crippen LogP contribution in [0.4, 0.5) is 0 Å². The summed E-state index contributed by atoms with van der Waals surface area (Å²) in [6, 6.07) is 9.60. The lowest BCUT2D eigenvalue weighted by Gasteiger charge is -2.35. The summed E-state index contributed by atoms with van der Waals surface area (Å²) in [5.74, 6) is 0. The molecule has 3 unspecified atom stereocenters. The Bertz CT molecular complexity index is 518. The van der Waals surface area contributed by atoms with E-state index in [1.807, 2.05) is 22.7 Å². The maximum Gasteiger partial charge on any atom is 0.0596 e. The highest BCUT2D eigenvalue weighted by molar-refractivity contribution is 7.12. The van der Waals surface area contributed by atoms with E-state index >= 15 is 0 Å². The van der Waals surface area contributed by atoms with Gasteiger partial charge in [-0.25, -0.2) is 0 Å². The van der Waals surface area contributed by atoms with Crippen molar-refractivity contribution in [3.8, 4) is 0 Å². The Balaban J connectivity index is 2.26. The van der Waals surface area contributed by atoms with Crippen LogP contribution in [-0.4, -0.2) is 18.0 Å². The second kappa shape index (κ2) is 6.85. The Labute approximate surface area is 130 Å². The minimum Gasteiger partial charge on any atom is -0.326 e. The van der Waals surface area contributed by atoms with Crippen LogP contribution in [0.25, 0.3) is 0 Å². The number of thiophene rings is 2. The van der Waals surface area contributed by atoms with Crippen molar-refractivity contribution in [3.05, 3.63) is 44.3 Å². The maximum absolute atomic E-state index is 6.42. The topological polar surface area (TPSA) is 29.3 Å². The third-order valence-corrected chi connectivity index (χ3v) is 6.05. The molecule has 2 nitrogen and oxygen atoms in total. The van der Waals surface area contributed by atoms with Gasteiger partial charge in [-0.1, -0.05) is 13.0 Å². The van der Waals surface area contributed by atoms with E-state index in [1.165, 1.54) is 14.6 Å². The Kier molecular flexibility index (Phi) is 5.38. The van der Waals surface area contributed by atoms with E-state index in [0.29, 0.717) is 6.04 Å². The second-order valence-corrected chi connectivity index (χ2v) is 7.62. The molecule has 0 saturated carbocycles. The summed E-state index contributed by atoms with van der Waals surface area (Å²) in [6.45, 7) is 6.59. The Hall–Kier alpha value is -0.680. The van der Waals surface area contributed by atoms with Crippen molar-refractivity contribution >= 4 is 22.7 Å². The fraction of sp³-hybridized carbons (Fsp3) is 0.500. The SMILES string of the molecule is CCC(N)C(c1ccc(C)s1)N(C)C(C)c1cccs1. The quantitative estimate of drug-likeness (QED) is 0.845. The Morgan fingerprint density at radius 3 is 2.50 bits per heavy atom. The number of likely N-dealkylation sites (N-methyl/N-ethyl adjacent to an activating group) is 1. The molecule has 4 heteroatoms. The maximum atomic E-state index is 6.42. The first-order valence-corrected chi connectivity index (χ1v) is 8.81. The van der Waals surface area contributed by atoms with E-state index < -0.39 is 0 Å². The van der Waals surface area contributed by atoms with E-state index in [0.717, 1.165) is 6.42 Å². The molecular weight excluding hydrogens is 284 g/mol. The van der Waals surface area contributed by atoms with E-state index in [1.54, 1.807) is 0 Å². The molecule has 2 rings (SSSR count). The molecule has 20 heavy (non-hydrogen) atoms. The summed E-state index contributed by atoms with van der Waals surface area (Å²) < 4.78 is 0. The monoisotopic (exact) mass is 308 g/mol. The zero-order valence-electron chi connectivity index (χ0n) is 12.7. The fourth-order valence-corrected chi connectivity index (χ4v) is 4.46. The molecule has 0 bridgehead atoms. The predicted octanol–water partition coefficient (Wildman–Crippen LogP) is 4.59. The Morgan fingerprint density at radius 2 is 2.00 bits per heavy atom. The number of hydrogen-bond donors (Lipinski definition) is 1. The molecule has 3 atom stereocenters. The van der Waals surface area contributed by atoms with Crippen molar-refractivity contribution < 1.29 is 0 Å². The van der Waals surface area contributed by atoms with Crippen LogP contribution in [0, 0.1) is 6.92 Å². The lowest BCUT2D eigenvalue weighted by Crippen LogP contribution is -2.39. The molecule has 110 valence electrons. The molecule has 0 saturated heterocycles. The van der Waals surface area contributed by atoms with E-state index in [-0.39, 0.29) is 12.1 Å². The van der Waals surface area contributed by atoms with Crippen LogP contribution in [0.2, 0.25) is 0 Å². The van der Waals surface area contributed by atoms with Gasteiger partial charge < -0.3 is 5.73 Å². The van der Waals surface area contributed by atoms with Crippen LogP contribution in [0.5, 0.6) is 0 Å². The molecule has 2 aromatic heterocycles. The molecule has 2 aromatic rings. The van der Waals surface area contributed by atoms with Crippen LogP contribution >= 0.6 is 22.7 Å². The van der Waals surface area contributed by atoms with Gasteiger partial charge in [0.2, 0.25) is 0 Å². The number of aryl methyl sites for hydroxylation is 1. The molecule has 2 heterocycles. The molecule has 0 aromatic carbocycles. The van der Waals surface area contributed by atoms with Crippen molar-refractivity contribution in [2.24, 2.45) is 5.73 Å². The van der Waals surface area contributed by atoms with Gasteiger partial charge in [-0.15, -0.1) is 22.7 Å². The van der Waals surface area contributed by atoms with Crippen LogP contribution in [0.3, 0.4) is 0 Å². The lowest BCUT2D eigenvalue weighted by molar-refractivity contribution is 0.163. The first-order valence-electron chi connectivity index (χ1n) is 7.11. The predicted molar refractivity (Wildman–Crippen MR) is 90.6 cm³/mol. The summed E-state index contributed by atoms with van der Waals surface area (Å²) in [4.78, 5) is 6.55. The van der Waals surface area contributed by atoms with Crippen molar-refractivity contribution in [2.45, 2.75) is 45.3 Å². The van der Waals surface area contributed by atoms with Crippen molar-refractivity contribution in [2.75, 3.05) is 7.05 Å². The van der Waals surface area contributed by atoms with Gasteiger partial charge in [0, 0.05) is 26.7 Å².